The number of nitrogens with zero attached hydrogens (tertiary/aromatic N) is 2. The Hall–Kier alpha value is -9.74. The van der Waals surface area contributed by atoms with Crippen LogP contribution in [0, 0.1) is 30.1 Å². The van der Waals surface area contributed by atoms with Crippen molar-refractivity contribution in [3.63, 3.8) is 0 Å². The predicted octanol–water partition coefficient (Wildman–Crippen LogP) is 7.77. The monoisotopic (exact) mass is 1990 g/mol. The Kier molecular flexibility index (Phi) is 55.6. The van der Waals surface area contributed by atoms with Crippen LogP contribution in [0.1, 0.15) is 242 Å². The van der Waals surface area contributed by atoms with E-state index in [9.17, 15) is 116 Å². The van der Waals surface area contributed by atoms with E-state index in [-0.39, 0.29) is 211 Å². The number of aliphatic hydroxyl groups is 1. The minimum atomic E-state index is -5.57. The number of aromatic nitrogens is 1. The number of pyridine rings is 1. The number of likely N-dealkylation sites (tertiary alicyclic amines) is 1. The number of rotatable bonds is 69. The van der Waals surface area contributed by atoms with Gasteiger partial charge in [0.2, 0.25) is 53.2 Å². The lowest BCUT2D eigenvalue weighted by atomic mass is 9.69. The molecule has 43 heteroatoms. The molecule has 3 aliphatic rings. The molecule has 6 rings (SSSR count). The minimum absolute atomic E-state index is 0.00888. The molecular weight excluding hydrogens is 1850 g/mol. The van der Waals surface area contributed by atoms with Gasteiger partial charge in [0.1, 0.15) is 29.2 Å². The Morgan fingerprint density at radius 2 is 1.25 bits per heavy atom. The zero-order chi connectivity index (χ0) is 101. The Morgan fingerprint density at radius 3 is 1.89 bits per heavy atom. The van der Waals surface area contributed by atoms with Gasteiger partial charge in [-0.3, -0.25) is 90.9 Å². The summed E-state index contributed by atoms with van der Waals surface area (Å²) in [6, 6.07) is 14.4. The number of hydrogen-bond donors (Lipinski definition) is 16. The van der Waals surface area contributed by atoms with Crippen molar-refractivity contribution in [1.82, 2.24) is 41.8 Å². The van der Waals surface area contributed by atoms with E-state index in [4.69, 9.17) is 30.4 Å². The summed E-state index contributed by atoms with van der Waals surface area (Å²) >= 11 is 1.11. The van der Waals surface area contributed by atoms with Gasteiger partial charge in [0, 0.05) is 170 Å². The summed E-state index contributed by atoms with van der Waals surface area (Å²) in [5.41, 5.74) is 14.1. The number of ether oxygens (including phenoxy) is 4. The lowest BCUT2D eigenvalue weighted by Gasteiger charge is -2.36. The van der Waals surface area contributed by atoms with Crippen LogP contribution in [-0.4, -0.2) is 254 Å². The largest absolute Gasteiger partial charge is 0.481 e. The third kappa shape index (κ3) is 46.1. The number of primary amides is 1. The molecule has 0 bridgehead atoms. The van der Waals surface area contributed by atoms with Gasteiger partial charge in [-0.05, 0) is 182 Å². The molecule has 1 unspecified atom stereocenters. The first kappa shape index (κ1) is 119. The SMILES string of the molecule is CCCC(=O)CCC(=O)NCCOCCOCCCC(=O)CCC(=O)N[C@@H](CCCCNC(=O)[C@H](N)CSC1CC(=O)N(CC2CCC(C(=O)CCCCC(O)(P(=O)(O)O)P(=O)(O)O)CC2)C1=O)C(N)=O.CCOCCOCCNC(=O)C1(CC(=O)[C@H](CCCC(=O)O)NC(=O)[C@H](CCCCNC(=O)/C=C/c2cccnc2)CC(=O)Cc2ccc(NC(=O)Nc3ccccc3C)cc2)CCCCC1. The third-order valence-corrected chi connectivity index (χ3v) is 29.2. The highest BCUT2D eigenvalue weighted by atomic mass is 32.2. The summed E-state index contributed by atoms with van der Waals surface area (Å²) in [5.74, 6) is -6.70. The van der Waals surface area contributed by atoms with Crippen molar-refractivity contribution in [1.29, 1.82) is 0 Å². The van der Waals surface area contributed by atoms with Gasteiger partial charge in [-0.15, -0.1) is 11.8 Å². The van der Waals surface area contributed by atoms with Crippen molar-refractivity contribution in [2.75, 3.05) is 102 Å². The summed E-state index contributed by atoms with van der Waals surface area (Å²) in [6.07, 6.45) is 14.9. The Morgan fingerprint density at radius 1 is 0.623 bits per heavy atom. The van der Waals surface area contributed by atoms with Gasteiger partial charge in [0.25, 0.3) is 5.08 Å². The van der Waals surface area contributed by atoms with Crippen LogP contribution in [0.4, 0.5) is 16.2 Å². The third-order valence-electron chi connectivity index (χ3n) is 24.0. The fourth-order valence-corrected chi connectivity index (χ4v) is 19.4. The van der Waals surface area contributed by atoms with Gasteiger partial charge in [0.15, 0.2) is 5.78 Å². The molecule has 768 valence electrons. The molecule has 5 atom stereocenters. The summed E-state index contributed by atoms with van der Waals surface area (Å²) in [4.78, 5) is 247. The smallest absolute Gasteiger partial charge is 0.369 e. The maximum atomic E-state index is 14.3. The van der Waals surface area contributed by atoms with Gasteiger partial charge >= 0.3 is 27.2 Å². The highest BCUT2D eigenvalue weighted by Gasteiger charge is 2.59. The van der Waals surface area contributed by atoms with E-state index in [0.29, 0.717) is 153 Å². The quantitative estimate of drug-likeness (QED) is 0.0111. The first-order valence-corrected chi connectivity index (χ1v) is 52.0. The van der Waals surface area contributed by atoms with Crippen molar-refractivity contribution in [2.24, 2.45) is 34.6 Å². The summed E-state index contributed by atoms with van der Waals surface area (Å²) in [5, 5.41) is 37.4. The predicted molar refractivity (Wildman–Crippen MR) is 515 cm³/mol. The van der Waals surface area contributed by atoms with Crippen LogP contribution in [0.5, 0.6) is 0 Å². The van der Waals surface area contributed by atoms with Crippen LogP contribution < -0.4 is 54.0 Å². The standard InChI is InChI=1S/C51H68N6O10.C44H76N6O18P2S/c1-3-66-31-32-67-30-29-54-49(64)51(25-8-4-9-26-51)35-45(59)44(17-11-18-47(61)62)56-48(63)40(15-7-10-28-53-46(60)24-21-39-14-12-27-52-36-39)34-42(58)33-38-19-22-41(23-20-38)55-50(65)57-43-16-6-5-13-37(43)2;1-2-8-32(51)16-18-38(54)47-22-24-68-26-25-67-23-7-9-33(52)17-19-39(55)49-35(41(46)57)10-4-6-21-48-42(58)34(45)29-71-37-27-40(56)50(43(37)59)28-30-12-14-31(15-13-30)36(53)11-3-5-20-44(60,69(61,62)63)70(64,65)66/h5-6,12-14,16,19-24,27,36,40,44H,3-4,7-11,15,17-18,25-26,28-35H2,1-2H3,(H,53,60)(H,54,64)(H,56,63)(H,61,62)(H2,55,57,65);30-31,34-35,37,60H,2-29,45H2,1H3,(H2,46,57)(H,47,54)(H,48,58)(H,49,55)(H2,61,62,63)(H2,64,65,66)/b24-21+;/t40-,44+;30?,31?,34-,35+,37?/m11/s1. The molecule has 2 aromatic carbocycles. The molecule has 3 aromatic rings. The first-order valence-electron chi connectivity index (χ1n) is 47.8. The average Bonchev–Trinajstić information content (AvgIpc) is 0.851. The maximum absolute atomic E-state index is 14.3. The van der Waals surface area contributed by atoms with E-state index in [2.05, 4.69) is 47.5 Å². The van der Waals surface area contributed by atoms with E-state index in [0.717, 1.165) is 48.6 Å². The van der Waals surface area contributed by atoms with E-state index >= 15 is 0 Å². The number of unbranched alkanes of at least 4 members (excludes halogenated alkanes) is 3. The number of Topliss-reactive ketones (excluding diaryl/α,β-unsaturated/α-hetero) is 5. The van der Waals surface area contributed by atoms with Gasteiger partial charge in [-0.2, -0.15) is 0 Å². The topological polar surface area (TPSA) is 630 Å². The Labute approximate surface area is 810 Å². The van der Waals surface area contributed by atoms with E-state index in [1.54, 1.807) is 54.9 Å². The molecule has 1 aliphatic heterocycles. The van der Waals surface area contributed by atoms with Gasteiger partial charge < -0.3 is 103 Å². The number of hydrogen-bond acceptors (Lipinski definition) is 26. The van der Waals surface area contributed by atoms with Crippen LogP contribution in [0.2, 0.25) is 0 Å². The second-order valence-electron chi connectivity index (χ2n) is 35.1. The number of nitrogens with two attached hydrogens (primary N) is 2. The molecule has 0 radical (unpaired) electrons. The number of carbonyl (C=O) groups is 16. The van der Waals surface area contributed by atoms with E-state index < -0.39 is 97.0 Å². The molecule has 1 saturated heterocycles. The maximum Gasteiger partial charge on any atom is 0.369 e. The highest BCUT2D eigenvalue weighted by Crippen LogP contribution is 2.69. The number of para-hydroxylation sites is 1. The van der Waals surface area contributed by atoms with Crippen LogP contribution in [-0.2, 0) is 106 Å². The Bertz CT molecular complexity index is 4520. The number of thioether (sulfide) groups is 1. The van der Waals surface area contributed by atoms with E-state index in [1.165, 1.54) is 11.0 Å². The number of aliphatic carboxylic acids is 1. The number of amides is 11. The molecule has 138 heavy (non-hydrogen) atoms. The Balaban J connectivity index is 0.000000488. The normalized spacial score (nSPS) is 16.3. The lowest BCUT2D eigenvalue weighted by molar-refractivity contribution is -0.140. The van der Waals surface area contributed by atoms with Gasteiger partial charge in [-0.25, -0.2) is 4.79 Å². The second kappa shape index (κ2) is 64.6. The van der Waals surface area contributed by atoms with Crippen LogP contribution >= 0.6 is 27.0 Å². The number of imide groups is 1. The molecule has 2 aliphatic carbocycles. The molecule has 11 amide bonds. The number of ketones is 5. The number of aryl methyl sites for hydroxylation is 1. The minimum Gasteiger partial charge on any atom is -0.481 e. The molecule has 2 saturated carbocycles. The number of benzene rings is 2. The van der Waals surface area contributed by atoms with Crippen LogP contribution in [0.3, 0.4) is 0 Å². The fourth-order valence-electron chi connectivity index (χ4n) is 16.0. The number of nitrogens with one attached hydrogen (secondary N) is 8. The fraction of sp³-hybridized carbons (Fsp3) is 0.632. The summed E-state index contributed by atoms with van der Waals surface area (Å²) in [6.45, 7) is 9.88. The molecule has 40 nitrogen and oxygen atoms in total. The molecule has 0 spiro atoms. The van der Waals surface area contributed by atoms with Crippen molar-refractivity contribution in [3.05, 3.63) is 95.8 Å². The molecular formula is C95H144N12O28P2S. The molecule has 3 fully saturated rings. The first-order chi connectivity index (χ1) is 65.8. The summed E-state index contributed by atoms with van der Waals surface area (Å²) in [7, 11) is -11.1. The number of carboxylic acid groups (broad SMARTS) is 1. The van der Waals surface area contributed by atoms with Gasteiger partial charge in [0.05, 0.1) is 62.4 Å². The number of urea groups is 1. The second-order valence-corrected chi connectivity index (χ2v) is 40.3. The molecule has 1 aromatic heterocycles. The molecule has 18 N–H and O–H groups in total. The van der Waals surface area contributed by atoms with Crippen molar-refractivity contribution >= 4 is 138 Å². The van der Waals surface area contributed by atoms with Crippen molar-refractivity contribution in [2.45, 2.75) is 268 Å². The highest BCUT2D eigenvalue weighted by molar-refractivity contribution is 8.00. The van der Waals surface area contributed by atoms with E-state index in [1.807, 2.05) is 45.0 Å². The van der Waals surface area contributed by atoms with Crippen molar-refractivity contribution < 1.29 is 135 Å². The number of carboxylic acids is 1. The van der Waals surface area contributed by atoms with Crippen LogP contribution in [0.15, 0.2) is 79.1 Å². The molecule has 2 heterocycles. The van der Waals surface area contributed by atoms with Crippen molar-refractivity contribution in [3.8, 4) is 0 Å². The average molecular weight is 2000 g/mol. The lowest BCUT2D eigenvalue weighted by Crippen LogP contribution is -2.49. The number of anilines is 2. The zero-order valence-electron chi connectivity index (χ0n) is 79.6. The summed E-state index contributed by atoms with van der Waals surface area (Å²) < 4.78 is 44.8. The van der Waals surface area contributed by atoms with Gasteiger partial charge in [-0.1, -0.05) is 69.0 Å². The zero-order valence-corrected chi connectivity index (χ0v) is 82.2. The number of carbonyl (C=O) groups excluding carboxylic acids is 15. The van der Waals surface area contributed by atoms with Crippen LogP contribution in [0.25, 0.3) is 6.08 Å².